The number of ether oxygens (including phenoxy) is 1. The maximum atomic E-state index is 12.4. The molecule has 0 saturated heterocycles. The molecule has 1 aromatic heterocycles. The summed E-state index contributed by atoms with van der Waals surface area (Å²) in [7, 11) is 1.23. The second-order valence-electron chi connectivity index (χ2n) is 4.56. The first-order valence-corrected chi connectivity index (χ1v) is 7.11. The summed E-state index contributed by atoms with van der Waals surface area (Å²) in [6.45, 7) is 0. The van der Waals surface area contributed by atoms with E-state index in [-0.39, 0.29) is 26.7 Å². The van der Waals surface area contributed by atoms with Gasteiger partial charge in [-0.25, -0.2) is 9.69 Å². The molecule has 0 fully saturated rings. The average Bonchev–Trinajstić information content (AvgIpc) is 3.10. The highest BCUT2D eigenvalue weighted by atomic mass is 32.1. The molecule has 1 aliphatic rings. The van der Waals surface area contributed by atoms with E-state index in [0.717, 1.165) is 22.3 Å². The SMILES string of the molecule is COC(=O)c1ccc(N2C(=O)c3ccc([N+](=O)[O-])cc3C2=O)s1. The van der Waals surface area contributed by atoms with Gasteiger partial charge in [0.1, 0.15) is 9.88 Å². The molecule has 23 heavy (non-hydrogen) atoms. The molecule has 0 spiro atoms. The van der Waals surface area contributed by atoms with Gasteiger partial charge in [-0.15, -0.1) is 11.3 Å². The number of methoxy groups -OCH3 is 1. The molecule has 0 N–H and O–H groups in total. The van der Waals surface area contributed by atoms with E-state index in [2.05, 4.69) is 4.74 Å². The standard InChI is InChI=1S/C14H8N2O6S/c1-22-14(19)10-4-5-11(23-10)15-12(17)8-3-2-7(16(20)21)6-9(8)13(15)18/h2-6H,1H3. The Balaban J connectivity index is 2.01. The first-order valence-electron chi connectivity index (χ1n) is 6.29. The van der Waals surface area contributed by atoms with Crippen molar-refractivity contribution in [1.29, 1.82) is 0 Å². The average molecular weight is 332 g/mol. The van der Waals surface area contributed by atoms with Crippen LogP contribution in [0.1, 0.15) is 30.4 Å². The normalized spacial score (nSPS) is 13.2. The van der Waals surface area contributed by atoms with E-state index in [1.807, 2.05) is 0 Å². The molecule has 0 unspecified atom stereocenters. The fourth-order valence-corrected chi connectivity index (χ4v) is 3.12. The van der Waals surface area contributed by atoms with Crippen LogP contribution in [0, 0.1) is 10.1 Å². The monoisotopic (exact) mass is 332 g/mol. The summed E-state index contributed by atoms with van der Waals surface area (Å²) in [6, 6.07) is 6.39. The molecule has 2 amide bonds. The number of rotatable bonds is 3. The van der Waals surface area contributed by atoms with Crippen LogP contribution in [0.3, 0.4) is 0 Å². The van der Waals surface area contributed by atoms with Crippen molar-refractivity contribution in [3.05, 3.63) is 56.5 Å². The van der Waals surface area contributed by atoms with Crippen molar-refractivity contribution in [3.63, 3.8) is 0 Å². The number of hydrogen-bond acceptors (Lipinski definition) is 7. The number of benzene rings is 1. The van der Waals surface area contributed by atoms with Gasteiger partial charge in [0, 0.05) is 12.1 Å². The van der Waals surface area contributed by atoms with E-state index in [1.165, 1.54) is 31.4 Å². The molecule has 0 radical (unpaired) electrons. The van der Waals surface area contributed by atoms with Crippen molar-refractivity contribution < 1.29 is 24.0 Å². The third kappa shape index (κ3) is 2.27. The Hall–Kier alpha value is -3.07. The number of fused-ring (bicyclic) bond motifs is 1. The van der Waals surface area contributed by atoms with Gasteiger partial charge < -0.3 is 4.74 Å². The van der Waals surface area contributed by atoms with Crippen molar-refractivity contribution in [1.82, 2.24) is 0 Å². The fourth-order valence-electron chi connectivity index (χ4n) is 2.20. The topological polar surface area (TPSA) is 107 Å². The molecule has 9 heteroatoms. The number of non-ortho nitro benzene ring substituents is 1. The number of imide groups is 1. The predicted molar refractivity (Wildman–Crippen MR) is 79.9 cm³/mol. The van der Waals surface area contributed by atoms with Crippen molar-refractivity contribution in [2.75, 3.05) is 12.0 Å². The second kappa shape index (κ2) is 5.29. The molecule has 116 valence electrons. The van der Waals surface area contributed by atoms with E-state index >= 15 is 0 Å². The van der Waals surface area contributed by atoms with Crippen molar-refractivity contribution in [2.45, 2.75) is 0 Å². The molecular weight excluding hydrogens is 324 g/mol. The second-order valence-corrected chi connectivity index (χ2v) is 5.62. The number of hydrogen-bond donors (Lipinski definition) is 0. The molecular formula is C14H8N2O6S. The van der Waals surface area contributed by atoms with E-state index in [1.54, 1.807) is 0 Å². The summed E-state index contributed by atoms with van der Waals surface area (Å²) in [4.78, 5) is 47.5. The third-order valence-electron chi connectivity index (χ3n) is 3.28. The first kappa shape index (κ1) is 14.9. The van der Waals surface area contributed by atoms with Crippen LogP contribution in [0.5, 0.6) is 0 Å². The van der Waals surface area contributed by atoms with Gasteiger partial charge >= 0.3 is 5.97 Å². The van der Waals surface area contributed by atoms with E-state index in [0.29, 0.717) is 0 Å². The maximum Gasteiger partial charge on any atom is 0.348 e. The highest BCUT2D eigenvalue weighted by Gasteiger charge is 2.38. The number of carbonyl (C=O) groups excluding carboxylic acids is 3. The Morgan fingerprint density at radius 1 is 1.17 bits per heavy atom. The lowest BCUT2D eigenvalue weighted by Gasteiger charge is -2.10. The minimum atomic E-state index is -0.660. The lowest BCUT2D eigenvalue weighted by atomic mass is 10.1. The molecule has 0 saturated carbocycles. The van der Waals surface area contributed by atoms with Gasteiger partial charge in [0.2, 0.25) is 0 Å². The first-order chi connectivity index (χ1) is 10.9. The molecule has 0 bridgehead atoms. The fraction of sp³-hybridized carbons (Fsp3) is 0.0714. The third-order valence-corrected chi connectivity index (χ3v) is 4.33. The summed E-state index contributed by atoms with van der Waals surface area (Å²) in [5.74, 6) is -1.82. The van der Waals surface area contributed by atoms with Crippen LogP contribution in [0.15, 0.2) is 30.3 Å². The molecule has 1 aliphatic heterocycles. The molecule has 2 heterocycles. The quantitative estimate of drug-likeness (QED) is 0.369. The van der Waals surface area contributed by atoms with Crippen LogP contribution < -0.4 is 4.90 Å². The van der Waals surface area contributed by atoms with Crippen LogP contribution >= 0.6 is 11.3 Å². The number of esters is 1. The van der Waals surface area contributed by atoms with Gasteiger partial charge in [0.15, 0.2) is 0 Å². The van der Waals surface area contributed by atoms with Gasteiger partial charge in [-0.3, -0.25) is 19.7 Å². The number of thiophene rings is 1. The van der Waals surface area contributed by atoms with Gasteiger partial charge in [-0.1, -0.05) is 0 Å². The predicted octanol–water partition coefficient (Wildman–Crippen LogP) is 2.24. The van der Waals surface area contributed by atoms with Crippen molar-refractivity contribution in [3.8, 4) is 0 Å². The lowest BCUT2D eigenvalue weighted by molar-refractivity contribution is -0.384. The minimum absolute atomic E-state index is 0.0304. The number of amides is 2. The summed E-state index contributed by atoms with van der Waals surface area (Å²) in [5.41, 5.74) is -0.209. The van der Waals surface area contributed by atoms with E-state index < -0.39 is 22.7 Å². The van der Waals surface area contributed by atoms with Crippen LogP contribution in [0.25, 0.3) is 0 Å². The highest BCUT2D eigenvalue weighted by Crippen LogP contribution is 2.34. The smallest absolute Gasteiger partial charge is 0.348 e. The highest BCUT2D eigenvalue weighted by molar-refractivity contribution is 7.18. The zero-order valence-corrected chi connectivity index (χ0v) is 12.5. The zero-order chi connectivity index (χ0) is 16.7. The van der Waals surface area contributed by atoms with Crippen molar-refractivity contribution >= 4 is 39.8 Å². The van der Waals surface area contributed by atoms with Gasteiger partial charge in [-0.05, 0) is 18.2 Å². The lowest BCUT2D eigenvalue weighted by Crippen LogP contribution is -2.28. The Labute approximate surface area is 133 Å². The zero-order valence-electron chi connectivity index (χ0n) is 11.6. The molecule has 0 atom stereocenters. The Morgan fingerprint density at radius 3 is 2.52 bits per heavy atom. The van der Waals surface area contributed by atoms with Gasteiger partial charge in [0.25, 0.3) is 17.5 Å². The largest absolute Gasteiger partial charge is 0.465 e. The summed E-state index contributed by atoms with van der Waals surface area (Å²) < 4.78 is 4.58. The summed E-state index contributed by atoms with van der Waals surface area (Å²) >= 11 is 0.927. The van der Waals surface area contributed by atoms with E-state index in [4.69, 9.17) is 0 Å². The number of nitro groups is 1. The number of nitrogens with zero attached hydrogens (tertiary/aromatic N) is 2. The maximum absolute atomic E-state index is 12.4. The van der Waals surface area contributed by atoms with Crippen LogP contribution in [0.2, 0.25) is 0 Å². The van der Waals surface area contributed by atoms with Gasteiger partial charge in [-0.2, -0.15) is 0 Å². The number of carbonyl (C=O) groups is 3. The molecule has 0 aliphatic carbocycles. The Bertz CT molecular complexity index is 872. The minimum Gasteiger partial charge on any atom is -0.465 e. The van der Waals surface area contributed by atoms with Crippen LogP contribution in [-0.4, -0.2) is 29.8 Å². The van der Waals surface area contributed by atoms with Gasteiger partial charge in [0.05, 0.1) is 23.2 Å². The number of nitro benzene ring substituents is 1. The molecule has 3 rings (SSSR count). The molecule has 8 nitrogen and oxygen atoms in total. The Morgan fingerprint density at radius 2 is 1.87 bits per heavy atom. The summed E-state index contributed by atoms with van der Waals surface area (Å²) in [5, 5.41) is 11.0. The molecule has 2 aromatic rings. The van der Waals surface area contributed by atoms with Crippen LogP contribution in [-0.2, 0) is 4.74 Å². The van der Waals surface area contributed by atoms with E-state index in [9.17, 15) is 24.5 Å². The Kier molecular flexibility index (Phi) is 3.41. The number of anilines is 1. The molecule has 1 aromatic carbocycles. The van der Waals surface area contributed by atoms with Crippen LogP contribution in [0.4, 0.5) is 10.7 Å². The van der Waals surface area contributed by atoms with Crippen molar-refractivity contribution in [2.24, 2.45) is 0 Å². The summed E-state index contributed by atoms with van der Waals surface area (Å²) in [6.07, 6.45) is 0.